The van der Waals surface area contributed by atoms with Crippen LogP contribution in [-0.2, 0) is 21.4 Å². The van der Waals surface area contributed by atoms with Crippen molar-refractivity contribution in [1.29, 1.82) is 0 Å². The van der Waals surface area contributed by atoms with Crippen LogP contribution in [0.2, 0.25) is 10.0 Å². The molecule has 156 valence electrons. The average molecular weight is 457 g/mol. The highest BCUT2D eigenvalue weighted by molar-refractivity contribution is 7.89. The van der Waals surface area contributed by atoms with E-state index in [1.165, 1.54) is 29.6 Å². The van der Waals surface area contributed by atoms with Crippen molar-refractivity contribution in [2.24, 2.45) is 5.92 Å². The van der Waals surface area contributed by atoms with Gasteiger partial charge in [-0.15, -0.1) is 0 Å². The topological polar surface area (TPSA) is 75.7 Å². The number of nitrogens with zero attached hydrogens (tertiary/aromatic N) is 1. The third-order valence-electron chi connectivity index (χ3n) is 5.00. The molecule has 0 aliphatic carbocycles. The molecule has 0 unspecified atom stereocenters. The molecule has 1 aliphatic rings. The Morgan fingerprint density at radius 1 is 1.14 bits per heavy atom. The Balaban J connectivity index is 1.58. The maximum Gasteiger partial charge on any atom is 0.243 e. The molecule has 1 N–H and O–H groups in total. The number of benzene rings is 2. The number of nitrogens with one attached hydrogen (secondary N) is 1. The predicted octanol–water partition coefficient (Wildman–Crippen LogP) is 3.72. The molecule has 29 heavy (non-hydrogen) atoms. The Morgan fingerprint density at radius 2 is 1.83 bits per heavy atom. The summed E-state index contributed by atoms with van der Waals surface area (Å²) in [6.45, 7) is 0.897. The first kappa shape index (κ1) is 21.9. The smallest absolute Gasteiger partial charge is 0.243 e. The number of carbonyl (C=O) groups excluding carboxylic acids is 1. The third kappa shape index (κ3) is 5.04. The van der Waals surface area contributed by atoms with E-state index in [0.717, 1.165) is 5.56 Å². The van der Waals surface area contributed by atoms with Gasteiger partial charge in [0.25, 0.3) is 0 Å². The molecular formula is C20H22Cl2N2O4S. The molecule has 0 spiro atoms. The highest BCUT2D eigenvalue weighted by Gasteiger charge is 2.32. The number of hydrogen-bond donors (Lipinski definition) is 1. The molecular weight excluding hydrogens is 435 g/mol. The summed E-state index contributed by atoms with van der Waals surface area (Å²) >= 11 is 12.2. The summed E-state index contributed by atoms with van der Waals surface area (Å²) in [6, 6.07) is 11.7. The van der Waals surface area contributed by atoms with Crippen LogP contribution >= 0.6 is 23.2 Å². The van der Waals surface area contributed by atoms with Crippen molar-refractivity contribution < 1.29 is 17.9 Å². The zero-order valence-electron chi connectivity index (χ0n) is 15.9. The van der Waals surface area contributed by atoms with Gasteiger partial charge >= 0.3 is 0 Å². The first-order chi connectivity index (χ1) is 13.8. The Bertz CT molecular complexity index is 990. The van der Waals surface area contributed by atoms with E-state index in [1.807, 2.05) is 18.2 Å². The lowest BCUT2D eigenvalue weighted by molar-refractivity contribution is -0.126. The van der Waals surface area contributed by atoms with Gasteiger partial charge in [-0.05, 0) is 42.7 Å². The number of amides is 1. The maximum absolute atomic E-state index is 12.9. The van der Waals surface area contributed by atoms with Crippen LogP contribution in [0.3, 0.4) is 0 Å². The van der Waals surface area contributed by atoms with Crippen molar-refractivity contribution in [3.63, 3.8) is 0 Å². The summed E-state index contributed by atoms with van der Waals surface area (Å²) in [7, 11) is -2.21. The SMILES string of the molecule is COc1ccc(S(=O)(=O)N2CCC(C(=O)NCc3ccccc3Cl)CC2)cc1Cl. The minimum Gasteiger partial charge on any atom is -0.495 e. The Hall–Kier alpha value is -1.80. The van der Waals surface area contributed by atoms with Crippen LogP contribution < -0.4 is 10.1 Å². The fourth-order valence-corrected chi connectivity index (χ4v) is 5.30. The molecule has 0 saturated carbocycles. The number of carbonyl (C=O) groups is 1. The summed E-state index contributed by atoms with van der Waals surface area (Å²) < 4.78 is 32.2. The fourth-order valence-electron chi connectivity index (χ4n) is 3.28. The van der Waals surface area contributed by atoms with Gasteiger partial charge in [0.05, 0.1) is 17.0 Å². The predicted molar refractivity (Wildman–Crippen MR) is 113 cm³/mol. The Morgan fingerprint density at radius 3 is 2.45 bits per heavy atom. The highest BCUT2D eigenvalue weighted by Crippen LogP contribution is 2.30. The minimum absolute atomic E-state index is 0.0885. The monoisotopic (exact) mass is 456 g/mol. The van der Waals surface area contributed by atoms with Crippen LogP contribution in [0.1, 0.15) is 18.4 Å². The standard InChI is InChI=1S/C20H22Cl2N2O4S/c1-28-19-7-6-16(12-18(19)22)29(26,27)24-10-8-14(9-11-24)20(25)23-13-15-4-2-3-5-17(15)21/h2-7,12,14H,8-11,13H2,1H3,(H,23,25). The van der Waals surface area contributed by atoms with Crippen molar-refractivity contribution >= 4 is 39.1 Å². The summed E-state index contributed by atoms with van der Waals surface area (Å²) in [5, 5.41) is 3.73. The van der Waals surface area contributed by atoms with Crippen LogP contribution in [0.4, 0.5) is 0 Å². The van der Waals surface area contributed by atoms with Crippen LogP contribution in [0.15, 0.2) is 47.4 Å². The van der Waals surface area contributed by atoms with Gasteiger partial charge in [0.15, 0.2) is 0 Å². The number of sulfonamides is 1. The van der Waals surface area contributed by atoms with E-state index in [0.29, 0.717) is 30.2 Å². The van der Waals surface area contributed by atoms with Gasteiger partial charge in [-0.2, -0.15) is 4.31 Å². The van der Waals surface area contributed by atoms with Gasteiger partial charge in [-0.3, -0.25) is 4.79 Å². The molecule has 0 radical (unpaired) electrons. The lowest BCUT2D eigenvalue weighted by atomic mass is 9.97. The molecule has 2 aromatic carbocycles. The van der Waals surface area contributed by atoms with Gasteiger partial charge in [-0.1, -0.05) is 41.4 Å². The molecule has 0 bridgehead atoms. The molecule has 6 nitrogen and oxygen atoms in total. The first-order valence-electron chi connectivity index (χ1n) is 9.17. The number of hydrogen-bond acceptors (Lipinski definition) is 4. The molecule has 1 aliphatic heterocycles. The van der Waals surface area contributed by atoms with Crippen molar-refractivity contribution in [3.8, 4) is 5.75 Å². The second-order valence-corrected chi connectivity index (χ2v) is 9.54. The normalized spacial score (nSPS) is 15.8. The molecule has 2 aromatic rings. The number of halogens is 2. The lowest BCUT2D eigenvalue weighted by Crippen LogP contribution is -2.42. The van der Waals surface area contributed by atoms with Crippen molar-refractivity contribution in [1.82, 2.24) is 9.62 Å². The van der Waals surface area contributed by atoms with E-state index in [1.54, 1.807) is 6.07 Å². The zero-order chi connectivity index (χ0) is 21.0. The van der Waals surface area contributed by atoms with Gasteiger partial charge in [-0.25, -0.2) is 8.42 Å². The fraction of sp³-hybridized carbons (Fsp3) is 0.350. The molecule has 0 atom stereocenters. The molecule has 1 saturated heterocycles. The first-order valence-corrected chi connectivity index (χ1v) is 11.4. The van der Waals surface area contributed by atoms with Crippen LogP contribution in [0.25, 0.3) is 0 Å². The van der Waals surface area contributed by atoms with Gasteiger partial charge < -0.3 is 10.1 Å². The van der Waals surface area contributed by atoms with E-state index in [9.17, 15) is 13.2 Å². The Labute approximate surface area is 180 Å². The van der Waals surface area contributed by atoms with Crippen LogP contribution in [0.5, 0.6) is 5.75 Å². The Kier molecular flexibility index (Phi) is 7.05. The van der Waals surface area contributed by atoms with Crippen LogP contribution in [-0.4, -0.2) is 38.8 Å². The lowest BCUT2D eigenvalue weighted by Gasteiger charge is -2.30. The second-order valence-electron chi connectivity index (χ2n) is 6.78. The summed E-state index contributed by atoms with van der Waals surface area (Å²) in [5.41, 5.74) is 0.846. The summed E-state index contributed by atoms with van der Waals surface area (Å²) in [5.74, 6) is 0.0948. The molecule has 1 amide bonds. The van der Waals surface area contributed by atoms with E-state index in [2.05, 4.69) is 5.32 Å². The van der Waals surface area contributed by atoms with Gasteiger partial charge in [0.1, 0.15) is 5.75 Å². The molecule has 3 rings (SSSR count). The maximum atomic E-state index is 12.9. The summed E-state index contributed by atoms with van der Waals surface area (Å²) in [6.07, 6.45) is 0.912. The largest absolute Gasteiger partial charge is 0.495 e. The van der Waals surface area contributed by atoms with Gasteiger partial charge in [0, 0.05) is 30.6 Å². The minimum atomic E-state index is -3.68. The number of ether oxygens (including phenoxy) is 1. The number of rotatable bonds is 6. The second kappa shape index (κ2) is 9.34. The highest BCUT2D eigenvalue weighted by atomic mass is 35.5. The van der Waals surface area contributed by atoms with Crippen molar-refractivity contribution in [3.05, 3.63) is 58.1 Å². The van der Waals surface area contributed by atoms with E-state index >= 15 is 0 Å². The molecule has 9 heteroatoms. The average Bonchev–Trinajstić information content (AvgIpc) is 2.73. The quantitative estimate of drug-likeness (QED) is 0.718. The van der Waals surface area contributed by atoms with E-state index < -0.39 is 10.0 Å². The third-order valence-corrected chi connectivity index (χ3v) is 7.56. The number of methoxy groups -OCH3 is 1. The van der Waals surface area contributed by atoms with Crippen molar-refractivity contribution in [2.45, 2.75) is 24.3 Å². The van der Waals surface area contributed by atoms with Gasteiger partial charge in [0.2, 0.25) is 15.9 Å². The molecule has 1 heterocycles. The number of piperidine rings is 1. The molecule has 0 aromatic heterocycles. The van der Waals surface area contributed by atoms with Crippen LogP contribution in [0, 0.1) is 5.92 Å². The van der Waals surface area contributed by atoms with Crippen molar-refractivity contribution in [2.75, 3.05) is 20.2 Å². The summed E-state index contributed by atoms with van der Waals surface area (Å²) in [4.78, 5) is 12.6. The van der Waals surface area contributed by atoms with E-state index in [-0.39, 0.29) is 34.8 Å². The van der Waals surface area contributed by atoms with E-state index in [4.69, 9.17) is 27.9 Å². The zero-order valence-corrected chi connectivity index (χ0v) is 18.2. The molecule has 1 fully saturated rings.